The van der Waals surface area contributed by atoms with Crippen LogP contribution < -0.4 is 10.6 Å². The number of rotatable bonds is 6. The molecule has 0 spiro atoms. The van der Waals surface area contributed by atoms with Crippen LogP contribution in [0.1, 0.15) is 45.2 Å². The monoisotopic (exact) mass is 346 g/mol. The van der Waals surface area contributed by atoms with Crippen molar-refractivity contribution in [2.75, 3.05) is 13.1 Å². The van der Waals surface area contributed by atoms with E-state index in [1.165, 1.54) is 25.0 Å². The van der Waals surface area contributed by atoms with Gasteiger partial charge in [-0.1, -0.05) is 26.8 Å². The van der Waals surface area contributed by atoms with Crippen molar-refractivity contribution in [1.82, 2.24) is 10.6 Å². The highest BCUT2D eigenvalue weighted by Gasteiger charge is 2.30. The molecule has 2 rings (SSSR count). The normalized spacial score (nSPS) is 15.7. The van der Waals surface area contributed by atoms with E-state index in [0.717, 1.165) is 12.6 Å². The number of hydrogen-bond donors (Lipinski definition) is 2. The molecule has 1 saturated carbocycles. The first-order valence-corrected chi connectivity index (χ1v) is 7.72. The first-order valence-electron chi connectivity index (χ1n) is 7.72. The second-order valence-corrected chi connectivity index (χ2v) is 7.11. The average Bonchev–Trinajstić information content (AvgIpc) is 3.19. The average molecular weight is 347 g/mol. The van der Waals surface area contributed by atoms with Gasteiger partial charge in [-0.2, -0.15) is 0 Å². The third-order valence-electron chi connectivity index (χ3n) is 3.86. The Balaban J connectivity index is 0.00000264. The molecule has 6 heteroatoms. The number of nitrogens with one attached hydrogen (secondary N) is 2. The summed E-state index contributed by atoms with van der Waals surface area (Å²) in [4.78, 5) is 12.1. The quantitative estimate of drug-likeness (QED) is 0.826. The standard InChI is InChI=1S/C17H24F2N2O.ClH/c1-17(2,3)16(13-7-6-12(18)8-14(13)19)21-15(22)10-20-9-11-4-5-11;/h6-8,11,16,20H,4-5,9-10H2,1-3H3,(H,21,22);1H. The summed E-state index contributed by atoms with van der Waals surface area (Å²) in [5.41, 5.74) is -0.0744. The van der Waals surface area contributed by atoms with E-state index in [0.29, 0.717) is 11.5 Å². The lowest BCUT2D eigenvalue weighted by Crippen LogP contribution is -2.41. The molecule has 1 unspecified atom stereocenters. The van der Waals surface area contributed by atoms with Crippen molar-refractivity contribution in [3.8, 4) is 0 Å². The van der Waals surface area contributed by atoms with Crippen LogP contribution in [0.25, 0.3) is 0 Å². The van der Waals surface area contributed by atoms with Gasteiger partial charge in [-0.3, -0.25) is 4.79 Å². The molecule has 0 saturated heterocycles. The molecule has 23 heavy (non-hydrogen) atoms. The Kier molecular flexibility index (Phi) is 6.96. The first-order chi connectivity index (χ1) is 10.3. The minimum atomic E-state index is -0.633. The summed E-state index contributed by atoms with van der Waals surface area (Å²) >= 11 is 0. The molecule has 0 heterocycles. The maximum Gasteiger partial charge on any atom is 0.234 e. The van der Waals surface area contributed by atoms with Crippen LogP contribution in [0, 0.1) is 23.0 Å². The molecule has 1 atom stereocenters. The zero-order valence-corrected chi connectivity index (χ0v) is 14.6. The summed E-state index contributed by atoms with van der Waals surface area (Å²) in [6, 6.07) is 2.96. The van der Waals surface area contributed by atoms with Gasteiger partial charge < -0.3 is 10.6 Å². The van der Waals surface area contributed by atoms with Gasteiger partial charge in [-0.25, -0.2) is 8.78 Å². The molecule has 1 aliphatic carbocycles. The predicted molar refractivity (Wildman–Crippen MR) is 89.5 cm³/mol. The van der Waals surface area contributed by atoms with E-state index in [2.05, 4.69) is 10.6 Å². The molecule has 0 radical (unpaired) electrons. The van der Waals surface area contributed by atoms with Crippen molar-refractivity contribution >= 4 is 18.3 Å². The summed E-state index contributed by atoms with van der Waals surface area (Å²) in [7, 11) is 0. The van der Waals surface area contributed by atoms with Crippen LogP contribution in [0.15, 0.2) is 18.2 Å². The van der Waals surface area contributed by atoms with Gasteiger partial charge >= 0.3 is 0 Å². The molecular weight excluding hydrogens is 322 g/mol. The summed E-state index contributed by atoms with van der Waals surface area (Å²) in [6.45, 7) is 6.81. The lowest BCUT2D eigenvalue weighted by molar-refractivity contribution is -0.121. The van der Waals surface area contributed by atoms with Crippen LogP contribution in [0.5, 0.6) is 0 Å². The second kappa shape index (κ2) is 8.06. The lowest BCUT2D eigenvalue weighted by Gasteiger charge is -2.32. The van der Waals surface area contributed by atoms with Crippen LogP contribution in [0.3, 0.4) is 0 Å². The van der Waals surface area contributed by atoms with Crippen LogP contribution in [-0.2, 0) is 4.79 Å². The van der Waals surface area contributed by atoms with E-state index in [-0.39, 0.29) is 30.3 Å². The molecule has 3 nitrogen and oxygen atoms in total. The third-order valence-corrected chi connectivity index (χ3v) is 3.86. The minimum absolute atomic E-state index is 0. The third kappa shape index (κ3) is 6.07. The molecule has 2 N–H and O–H groups in total. The van der Waals surface area contributed by atoms with Gasteiger partial charge in [0.05, 0.1) is 12.6 Å². The molecule has 1 aromatic carbocycles. The van der Waals surface area contributed by atoms with E-state index in [1.807, 2.05) is 20.8 Å². The molecule has 1 fully saturated rings. The maximum absolute atomic E-state index is 14.0. The molecule has 0 aliphatic heterocycles. The van der Waals surface area contributed by atoms with E-state index in [9.17, 15) is 13.6 Å². The predicted octanol–water partition coefficient (Wildman–Crippen LogP) is 3.59. The van der Waals surface area contributed by atoms with Crippen molar-refractivity contribution in [2.45, 2.75) is 39.7 Å². The highest BCUT2D eigenvalue weighted by Crippen LogP contribution is 2.34. The molecule has 130 valence electrons. The highest BCUT2D eigenvalue weighted by molar-refractivity contribution is 5.85. The lowest BCUT2D eigenvalue weighted by atomic mass is 9.82. The Hall–Kier alpha value is -1.20. The van der Waals surface area contributed by atoms with E-state index in [4.69, 9.17) is 0 Å². The second-order valence-electron chi connectivity index (χ2n) is 7.11. The van der Waals surface area contributed by atoms with Crippen LogP contribution in [-0.4, -0.2) is 19.0 Å². The molecule has 1 aromatic rings. The summed E-state index contributed by atoms with van der Waals surface area (Å²) in [6.07, 6.45) is 2.44. The van der Waals surface area contributed by atoms with Crippen molar-refractivity contribution in [3.63, 3.8) is 0 Å². The summed E-state index contributed by atoms with van der Waals surface area (Å²) < 4.78 is 27.1. The van der Waals surface area contributed by atoms with Gasteiger partial charge in [-0.15, -0.1) is 12.4 Å². The number of hydrogen-bond acceptors (Lipinski definition) is 2. The van der Waals surface area contributed by atoms with Gasteiger partial charge in [-0.05, 0) is 36.8 Å². The van der Waals surface area contributed by atoms with Crippen molar-refractivity contribution in [3.05, 3.63) is 35.4 Å². The number of carbonyl (C=O) groups excluding carboxylic acids is 1. The van der Waals surface area contributed by atoms with Gasteiger partial charge in [0.15, 0.2) is 0 Å². The van der Waals surface area contributed by atoms with Gasteiger partial charge in [0, 0.05) is 11.6 Å². The number of halogens is 3. The van der Waals surface area contributed by atoms with Gasteiger partial charge in [0.1, 0.15) is 11.6 Å². The Morgan fingerprint density at radius 3 is 2.48 bits per heavy atom. The number of benzene rings is 1. The zero-order valence-electron chi connectivity index (χ0n) is 13.8. The zero-order chi connectivity index (χ0) is 16.3. The number of carbonyl (C=O) groups is 1. The van der Waals surface area contributed by atoms with Crippen molar-refractivity contribution in [1.29, 1.82) is 0 Å². The smallest absolute Gasteiger partial charge is 0.234 e. The SMILES string of the molecule is CC(C)(C)C(NC(=O)CNCC1CC1)c1ccc(F)cc1F.Cl. The molecule has 1 amide bonds. The highest BCUT2D eigenvalue weighted by atomic mass is 35.5. The van der Waals surface area contributed by atoms with Crippen LogP contribution in [0.4, 0.5) is 8.78 Å². The van der Waals surface area contributed by atoms with Crippen molar-refractivity contribution < 1.29 is 13.6 Å². The maximum atomic E-state index is 14.0. The Morgan fingerprint density at radius 2 is 1.96 bits per heavy atom. The minimum Gasteiger partial charge on any atom is -0.348 e. The Bertz CT molecular complexity index is 542. The van der Waals surface area contributed by atoms with E-state index < -0.39 is 17.7 Å². The van der Waals surface area contributed by atoms with Gasteiger partial charge in [0.2, 0.25) is 5.91 Å². The Labute approximate surface area is 142 Å². The largest absolute Gasteiger partial charge is 0.348 e. The molecule has 0 bridgehead atoms. The fraction of sp³-hybridized carbons (Fsp3) is 0.588. The summed E-state index contributed by atoms with van der Waals surface area (Å²) in [5, 5.41) is 5.98. The fourth-order valence-electron chi connectivity index (χ4n) is 2.42. The molecule has 0 aromatic heterocycles. The topological polar surface area (TPSA) is 41.1 Å². The van der Waals surface area contributed by atoms with Crippen LogP contribution in [0.2, 0.25) is 0 Å². The van der Waals surface area contributed by atoms with Crippen LogP contribution >= 0.6 is 12.4 Å². The summed E-state index contributed by atoms with van der Waals surface area (Å²) in [5.74, 6) is -0.734. The number of amides is 1. The molecule has 1 aliphatic rings. The fourth-order valence-corrected chi connectivity index (χ4v) is 2.42. The van der Waals surface area contributed by atoms with Gasteiger partial charge in [0.25, 0.3) is 0 Å². The Morgan fingerprint density at radius 1 is 1.30 bits per heavy atom. The van der Waals surface area contributed by atoms with E-state index in [1.54, 1.807) is 0 Å². The molecular formula is C17H25ClF2N2O. The van der Waals surface area contributed by atoms with Crippen molar-refractivity contribution in [2.24, 2.45) is 11.3 Å². The van der Waals surface area contributed by atoms with E-state index >= 15 is 0 Å². The first kappa shape index (κ1) is 19.8.